The second kappa shape index (κ2) is 4.23. The number of methoxy groups -OCH3 is 1. The minimum atomic E-state index is -0.0803. The van der Waals surface area contributed by atoms with Crippen molar-refractivity contribution in [1.29, 1.82) is 5.41 Å². The van der Waals surface area contributed by atoms with Gasteiger partial charge in [-0.05, 0) is 12.1 Å². The molecule has 0 atom stereocenters. The number of hydrogen-bond donors (Lipinski definition) is 2. The molecule has 4 nitrogen and oxygen atoms in total. The fraction of sp³-hybridized carbons (Fsp3) is 0.100. The smallest absolute Gasteiger partial charge is 0.176 e. The largest absolute Gasteiger partial charge is 0.493 e. The van der Waals surface area contributed by atoms with Gasteiger partial charge in [0.25, 0.3) is 0 Å². The van der Waals surface area contributed by atoms with E-state index >= 15 is 0 Å². The van der Waals surface area contributed by atoms with E-state index in [1.165, 1.54) is 0 Å². The van der Waals surface area contributed by atoms with Crippen molar-refractivity contribution in [3.63, 3.8) is 0 Å². The standard InChI is InChI=1S/C10H10N2O2.ClH/c1-13-7-4-2-3-6-5-8(10(11)12)14-9(6)7;/h2-5H,1H3,(H3,11,12);1H. The summed E-state index contributed by atoms with van der Waals surface area (Å²) in [4.78, 5) is 0. The van der Waals surface area contributed by atoms with Crippen LogP contribution in [0, 0.1) is 5.41 Å². The van der Waals surface area contributed by atoms with Gasteiger partial charge >= 0.3 is 0 Å². The minimum absolute atomic E-state index is 0. The molecule has 0 radical (unpaired) electrons. The van der Waals surface area contributed by atoms with Gasteiger partial charge in [-0.15, -0.1) is 12.4 Å². The Balaban J connectivity index is 0.00000112. The van der Waals surface area contributed by atoms with Gasteiger partial charge in [0, 0.05) is 5.39 Å². The van der Waals surface area contributed by atoms with Crippen molar-refractivity contribution in [3.05, 3.63) is 30.0 Å². The zero-order chi connectivity index (χ0) is 10.1. The quantitative estimate of drug-likeness (QED) is 0.609. The summed E-state index contributed by atoms with van der Waals surface area (Å²) in [5.41, 5.74) is 5.94. The van der Waals surface area contributed by atoms with Crippen molar-refractivity contribution < 1.29 is 9.15 Å². The Morgan fingerprint density at radius 3 is 2.80 bits per heavy atom. The zero-order valence-corrected chi connectivity index (χ0v) is 8.93. The topological polar surface area (TPSA) is 72.2 Å². The van der Waals surface area contributed by atoms with Crippen LogP contribution in [-0.2, 0) is 0 Å². The molecule has 0 fully saturated rings. The fourth-order valence-corrected chi connectivity index (χ4v) is 1.33. The first kappa shape index (κ1) is 11.4. The van der Waals surface area contributed by atoms with Gasteiger partial charge in [-0.25, -0.2) is 0 Å². The van der Waals surface area contributed by atoms with Gasteiger partial charge in [0.2, 0.25) is 0 Å². The molecule has 3 N–H and O–H groups in total. The van der Waals surface area contributed by atoms with E-state index in [1.54, 1.807) is 19.2 Å². The van der Waals surface area contributed by atoms with Crippen molar-refractivity contribution in [2.24, 2.45) is 5.73 Å². The third kappa shape index (κ3) is 1.89. The Morgan fingerprint density at radius 1 is 1.47 bits per heavy atom. The molecule has 0 unspecified atom stereocenters. The van der Waals surface area contributed by atoms with Gasteiger partial charge in [-0.3, -0.25) is 5.41 Å². The third-order valence-electron chi connectivity index (χ3n) is 1.99. The monoisotopic (exact) mass is 226 g/mol. The maximum Gasteiger partial charge on any atom is 0.176 e. The van der Waals surface area contributed by atoms with Crippen LogP contribution in [0.1, 0.15) is 5.76 Å². The summed E-state index contributed by atoms with van der Waals surface area (Å²) >= 11 is 0. The number of furan rings is 1. The van der Waals surface area contributed by atoms with Gasteiger partial charge < -0.3 is 14.9 Å². The number of hydrogen-bond acceptors (Lipinski definition) is 3. The number of amidine groups is 1. The highest BCUT2D eigenvalue weighted by Gasteiger charge is 2.09. The molecule has 1 aromatic carbocycles. The molecular formula is C10H11ClN2O2. The molecule has 1 heterocycles. The van der Waals surface area contributed by atoms with E-state index in [0.29, 0.717) is 17.1 Å². The Morgan fingerprint density at radius 2 is 2.20 bits per heavy atom. The first-order chi connectivity index (χ1) is 6.72. The third-order valence-corrected chi connectivity index (χ3v) is 1.99. The molecule has 15 heavy (non-hydrogen) atoms. The number of fused-ring (bicyclic) bond motifs is 1. The van der Waals surface area contributed by atoms with E-state index in [4.69, 9.17) is 20.3 Å². The van der Waals surface area contributed by atoms with Gasteiger partial charge in [0.1, 0.15) is 0 Å². The predicted octanol–water partition coefficient (Wildman–Crippen LogP) is 2.15. The van der Waals surface area contributed by atoms with Crippen LogP contribution >= 0.6 is 12.4 Å². The van der Waals surface area contributed by atoms with E-state index in [9.17, 15) is 0 Å². The summed E-state index contributed by atoms with van der Waals surface area (Å²) in [6.07, 6.45) is 0. The second-order valence-electron chi connectivity index (χ2n) is 2.90. The maximum absolute atomic E-state index is 7.24. The number of halogens is 1. The first-order valence-electron chi connectivity index (χ1n) is 4.13. The molecule has 5 heteroatoms. The molecule has 0 bridgehead atoms. The molecule has 2 rings (SSSR count). The van der Waals surface area contributed by atoms with Crippen molar-refractivity contribution in [1.82, 2.24) is 0 Å². The maximum atomic E-state index is 7.24. The summed E-state index contributed by atoms with van der Waals surface area (Å²) in [6.45, 7) is 0. The van der Waals surface area contributed by atoms with E-state index in [1.807, 2.05) is 12.1 Å². The summed E-state index contributed by atoms with van der Waals surface area (Å²) in [7, 11) is 1.57. The number of nitrogens with one attached hydrogen (secondary N) is 1. The zero-order valence-electron chi connectivity index (χ0n) is 8.11. The van der Waals surface area contributed by atoms with Crippen molar-refractivity contribution in [3.8, 4) is 5.75 Å². The van der Waals surface area contributed by atoms with Crippen LogP contribution in [0.5, 0.6) is 5.75 Å². The normalized spacial score (nSPS) is 9.67. The highest BCUT2D eigenvalue weighted by molar-refractivity contribution is 5.97. The van der Waals surface area contributed by atoms with Crippen molar-refractivity contribution >= 4 is 29.2 Å². The Bertz CT molecular complexity index is 493. The molecule has 80 valence electrons. The summed E-state index contributed by atoms with van der Waals surface area (Å²) < 4.78 is 10.5. The molecule has 0 saturated heterocycles. The number of nitrogen functional groups attached to an aromatic ring is 1. The van der Waals surface area contributed by atoms with Crippen LogP contribution in [0.3, 0.4) is 0 Å². The van der Waals surface area contributed by atoms with Crippen molar-refractivity contribution in [2.45, 2.75) is 0 Å². The predicted molar refractivity (Wildman–Crippen MR) is 61.0 cm³/mol. The average Bonchev–Trinajstić information content (AvgIpc) is 2.60. The number of benzene rings is 1. The van der Waals surface area contributed by atoms with Gasteiger partial charge in [0.05, 0.1) is 7.11 Å². The first-order valence-corrected chi connectivity index (χ1v) is 4.13. The molecule has 0 amide bonds. The lowest BCUT2D eigenvalue weighted by atomic mass is 10.2. The molecular weight excluding hydrogens is 216 g/mol. The average molecular weight is 227 g/mol. The van der Waals surface area contributed by atoms with Crippen LogP contribution in [0.15, 0.2) is 28.7 Å². The Labute approximate surface area is 92.9 Å². The van der Waals surface area contributed by atoms with E-state index in [0.717, 1.165) is 5.39 Å². The summed E-state index contributed by atoms with van der Waals surface area (Å²) in [5, 5.41) is 8.12. The van der Waals surface area contributed by atoms with Crippen molar-refractivity contribution in [2.75, 3.05) is 7.11 Å². The van der Waals surface area contributed by atoms with Gasteiger partial charge in [-0.2, -0.15) is 0 Å². The highest BCUT2D eigenvalue weighted by Crippen LogP contribution is 2.27. The van der Waals surface area contributed by atoms with Gasteiger partial charge in [-0.1, -0.05) is 12.1 Å². The lowest BCUT2D eigenvalue weighted by molar-refractivity contribution is 0.410. The molecule has 0 aliphatic carbocycles. The highest BCUT2D eigenvalue weighted by atomic mass is 35.5. The lowest BCUT2D eigenvalue weighted by Crippen LogP contribution is -2.09. The molecule has 0 saturated carbocycles. The number of ether oxygens (including phenoxy) is 1. The Kier molecular flexibility index (Phi) is 3.21. The fourth-order valence-electron chi connectivity index (χ4n) is 1.33. The molecule has 0 spiro atoms. The van der Waals surface area contributed by atoms with E-state index in [2.05, 4.69) is 0 Å². The van der Waals surface area contributed by atoms with E-state index in [-0.39, 0.29) is 18.2 Å². The van der Waals surface area contributed by atoms with Gasteiger partial charge in [0.15, 0.2) is 22.9 Å². The molecule has 0 aliphatic heterocycles. The second-order valence-corrected chi connectivity index (χ2v) is 2.90. The Hall–Kier alpha value is -1.68. The summed E-state index contributed by atoms with van der Waals surface area (Å²) in [5.74, 6) is 0.933. The molecule has 1 aromatic heterocycles. The lowest BCUT2D eigenvalue weighted by Gasteiger charge is -1.98. The number of rotatable bonds is 2. The van der Waals surface area contributed by atoms with Crippen LogP contribution in [-0.4, -0.2) is 12.9 Å². The van der Waals surface area contributed by atoms with E-state index < -0.39 is 0 Å². The molecule has 2 aromatic rings. The SMILES string of the molecule is COc1cccc2cc(C(=N)N)oc12.Cl. The minimum Gasteiger partial charge on any atom is -0.493 e. The number of nitrogens with two attached hydrogens (primary N) is 1. The summed E-state index contributed by atoms with van der Waals surface area (Å²) in [6, 6.07) is 7.27. The number of para-hydroxylation sites is 1. The molecule has 0 aliphatic rings. The van der Waals surface area contributed by atoms with Crippen LogP contribution in [0.25, 0.3) is 11.0 Å². The van der Waals surface area contributed by atoms with Crippen LogP contribution < -0.4 is 10.5 Å². The van der Waals surface area contributed by atoms with Crippen LogP contribution in [0.4, 0.5) is 0 Å². The van der Waals surface area contributed by atoms with Crippen LogP contribution in [0.2, 0.25) is 0 Å².